The van der Waals surface area contributed by atoms with Crippen LogP contribution in [0.5, 0.6) is 0 Å². The van der Waals surface area contributed by atoms with Crippen LogP contribution in [0.15, 0.2) is 54.3 Å². The lowest BCUT2D eigenvalue weighted by Gasteiger charge is -2.70. The summed E-state index contributed by atoms with van der Waals surface area (Å²) in [5, 5.41) is 8.45. The fourth-order valence-electron chi connectivity index (χ4n) is 15.0. The molecule has 0 N–H and O–H groups in total. The summed E-state index contributed by atoms with van der Waals surface area (Å²) < 4.78 is 35.4. The number of esters is 5. The molecule has 5 fully saturated rings. The number of carbonyl (C=O) groups is 7. The van der Waals surface area contributed by atoms with Crippen molar-refractivity contribution >= 4 is 47.5 Å². The van der Waals surface area contributed by atoms with Gasteiger partial charge in [0, 0.05) is 39.5 Å². The van der Waals surface area contributed by atoms with E-state index in [2.05, 4.69) is 51.9 Å². The molecule has 1 aliphatic heterocycles. The third-order valence-electron chi connectivity index (χ3n) is 18.8. The summed E-state index contributed by atoms with van der Waals surface area (Å²) in [6.45, 7) is 19.8. The van der Waals surface area contributed by atoms with Gasteiger partial charge in [0.1, 0.15) is 25.0 Å². The molecule has 1 saturated heterocycles. The number of hydrogen-bond donors (Lipinski definition) is 0. The van der Waals surface area contributed by atoms with Crippen molar-refractivity contribution < 1.29 is 62.0 Å². The molecule has 0 bridgehead atoms. The van der Waals surface area contributed by atoms with E-state index >= 15 is 4.79 Å². The number of fused-ring (bicyclic) bond motifs is 7. The molecule has 2 heterocycles. The molecule has 72 heavy (non-hydrogen) atoms. The number of hydrogen-bond acceptors (Lipinski definition) is 15. The van der Waals surface area contributed by atoms with Gasteiger partial charge in [-0.3, -0.25) is 33.6 Å². The standard InChI is InChI=1S/C56H73N3O13/c1-32(60)67-31-43-45(69-33(2)61)46(70-34(3)62)47(71-35(4)63)49(72-43)59-29-37(57-58-59)30-68-50(66)53(8)24-23-52(7)25-26-55(10)39(40(52)28-53)27-42(65)48-54(9)21-19-38(41(64)18-17-36-15-13-12-14-16-36)51(5,6)44(54)20-22-56(48,55)11/h12-18,27,29,38,40,43-49H,19-26,28,30-31H2,1-11H3/b18-17+/t38-,40-,43+,44?,45-,46-,47-,48-,49?,52-,53+,54+,55-,56-/m1/s1. The van der Waals surface area contributed by atoms with Crippen LogP contribution in [0, 0.1) is 56.2 Å². The highest BCUT2D eigenvalue weighted by molar-refractivity contribution is 5.97. The fourth-order valence-corrected chi connectivity index (χ4v) is 15.0. The second kappa shape index (κ2) is 19.4. The number of ether oxygens (including phenoxy) is 6. The first-order valence-corrected chi connectivity index (χ1v) is 25.7. The van der Waals surface area contributed by atoms with Crippen LogP contribution in [0.4, 0.5) is 0 Å². The third-order valence-corrected chi connectivity index (χ3v) is 18.8. The van der Waals surface area contributed by atoms with E-state index in [1.807, 2.05) is 49.4 Å². The van der Waals surface area contributed by atoms with Crippen molar-refractivity contribution in [1.29, 1.82) is 0 Å². The van der Waals surface area contributed by atoms with E-state index in [1.54, 1.807) is 6.08 Å². The summed E-state index contributed by atoms with van der Waals surface area (Å²) in [5.41, 5.74) is 0.201. The molecule has 6 aliphatic rings. The minimum absolute atomic E-state index is 0.0283. The average Bonchev–Trinajstić information content (AvgIpc) is 3.78. The van der Waals surface area contributed by atoms with E-state index in [-0.39, 0.29) is 74.6 Å². The van der Waals surface area contributed by atoms with Crippen molar-refractivity contribution in [1.82, 2.24) is 15.0 Å². The highest BCUT2D eigenvalue weighted by atomic mass is 16.7. The van der Waals surface area contributed by atoms with Crippen LogP contribution >= 0.6 is 0 Å². The monoisotopic (exact) mass is 996 g/mol. The first-order valence-electron chi connectivity index (χ1n) is 25.7. The normalized spacial score (nSPS) is 37.8. The zero-order valence-electron chi connectivity index (χ0n) is 43.8. The molecule has 2 aromatic rings. The van der Waals surface area contributed by atoms with Gasteiger partial charge in [-0.1, -0.05) is 88.7 Å². The Bertz CT molecular complexity index is 2550. The Balaban J connectivity index is 1.000. The average molecular weight is 996 g/mol. The van der Waals surface area contributed by atoms with Gasteiger partial charge in [-0.15, -0.1) is 5.10 Å². The number of ketones is 2. The predicted molar refractivity (Wildman–Crippen MR) is 260 cm³/mol. The maximum absolute atomic E-state index is 15.1. The van der Waals surface area contributed by atoms with E-state index in [9.17, 15) is 28.8 Å². The van der Waals surface area contributed by atoms with Gasteiger partial charge in [0.25, 0.3) is 0 Å². The van der Waals surface area contributed by atoms with Gasteiger partial charge in [-0.25, -0.2) is 4.68 Å². The Labute approximate surface area is 422 Å². The van der Waals surface area contributed by atoms with Crippen molar-refractivity contribution in [2.45, 2.75) is 171 Å². The van der Waals surface area contributed by atoms with Crippen LogP contribution in [-0.2, 0) is 68.6 Å². The second-order valence-electron chi connectivity index (χ2n) is 23.7. The van der Waals surface area contributed by atoms with Gasteiger partial charge >= 0.3 is 29.8 Å². The van der Waals surface area contributed by atoms with Crippen LogP contribution in [0.25, 0.3) is 6.08 Å². The maximum atomic E-state index is 15.1. The smallest absolute Gasteiger partial charge is 0.312 e. The highest BCUT2D eigenvalue weighted by Gasteiger charge is 2.70. The molecule has 16 nitrogen and oxygen atoms in total. The van der Waals surface area contributed by atoms with Gasteiger partial charge < -0.3 is 28.4 Å². The van der Waals surface area contributed by atoms with Gasteiger partial charge in [0.2, 0.25) is 0 Å². The lowest BCUT2D eigenvalue weighted by molar-refractivity contribution is -0.270. The minimum atomic E-state index is -1.41. The Morgan fingerprint density at radius 1 is 0.764 bits per heavy atom. The van der Waals surface area contributed by atoms with Crippen molar-refractivity contribution in [3.63, 3.8) is 0 Å². The topological polar surface area (TPSA) is 206 Å². The Morgan fingerprint density at radius 3 is 2.08 bits per heavy atom. The number of nitrogens with zero attached hydrogens (tertiary/aromatic N) is 3. The van der Waals surface area contributed by atoms with Gasteiger partial charge in [-0.05, 0) is 121 Å². The van der Waals surface area contributed by atoms with Crippen LogP contribution in [-0.4, -0.2) is 87.4 Å². The molecule has 5 aliphatic carbocycles. The molecular weight excluding hydrogens is 923 g/mol. The third kappa shape index (κ3) is 9.38. The number of benzene rings is 1. The largest absolute Gasteiger partial charge is 0.463 e. The van der Waals surface area contributed by atoms with Crippen molar-refractivity contribution in [2.75, 3.05) is 6.61 Å². The molecule has 0 spiro atoms. The van der Waals surface area contributed by atoms with E-state index in [1.165, 1.54) is 23.4 Å². The molecule has 0 radical (unpaired) electrons. The Kier molecular flexibility index (Phi) is 14.2. The second-order valence-corrected chi connectivity index (χ2v) is 23.7. The molecule has 1 aromatic heterocycles. The zero-order chi connectivity index (χ0) is 52.3. The molecule has 1 aromatic carbocycles. The van der Waals surface area contributed by atoms with Gasteiger partial charge in [0.05, 0.1) is 11.6 Å². The fraction of sp³-hybridized carbons (Fsp3) is 0.661. The summed E-state index contributed by atoms with van der Waals surface area (Å²) in [6.07, 6.45) is 7.65. The van der Waals surface area contributed by atoms with E-state index in [0.717, 1.165) is 71.3 Å². The maximum Gasteiger partial charge on any atom is 0.312 e. The number of carbonyl (C=O) groups excluding carboxylic acids is 7. The van der Waals surface area contributed by atoms with E-state index < -0.39 is 72.5 Å². The molecule has 16 heteroatoms. The lowest BCUT2D eigenvalue weighted by atomic mass is 9.33. The summed E-state index contributed by atoms with van der Waals surface area (Å²) in [5.74, 6) is -3.16. The Morgan fingerprint density at radius 2 is 1.42 bits per heavy atom. The Hall–Kier alpha value is -5.51. The van der Waals surface area contributed by atoms with Gasteiger partial charge in [-0.2, -0.15) is 0 Å². The van der Waals surface area contributed by atoms with Crippen LogP contribution < -0.4 is 0 Å². The van der Waals surface area contributed by atoms with Gasteiger partial charge in [0.15, 0.2) is 36.1 Å². The summed E-state index contributed by atoms with van der Waals surface area (Å²) in [6, 6.07) is 9.91. The predicted octanol–water partition coefficient (Wildman–Crippen LogP) is 8.46. The van der Waals surface area contributed by atoms with Crippen LogP contribution in [0.2, 0.25) is 0 Å². The molecule has 14 atom stereocenters. The van der Waals surface area contributed by atoms with Crippen LogP contribution in [0.3, 0.4) is 0 Å². The lowest BCUT2D eigenvalue weighted by Crippen LogP contribution is -2.66. The molecule has 8 rings (SSSR count). The molecule has 390 valence electrons. The van der Waals surface area contributed by atoms with E-state index in [0.29, 0.717) is 12.8 Å². The molecule has 4 saturated carbocycles. The molecule has 2 unspecified atom stereocenters. The zero-order valence-corrected chi connectivity index (χ0v) is 43.8. The number of rotatable bonds is 12. The quantitative estimate of drug-likeness (QED) is 0.111. The summed E-state index contributed by atoms with van der Waals surface area (Å²) in [4.78, 5) is 92.4. The van der Waals surface area contributed by atoms with Crippen molar-refractivity contribution in [3.05, 3.63) is 65.5 Å². The number of aromatic nitrogens is 3. The van der Waals surface area contributed by atoms with Crippen molar-refractivity contribution in [3.8, 4) is 0 Å². The molecule has 0 amide bonds. The SMILES string of the molecule is CC(=O)OC[C@@H]1OC(n2cc(COC(=O)[C@@]3(C)CC[C@]4(C)CC[C@]5(C)C(=CC(=O)[C@@H]6[C@@]7(C)CC[C@H](C(=O)/C=C/c8ccccc8)C(C)(C)C7CC[C@]65C)[C@H]4C3)nn2)[C@H](OC(C)=O)[C@H](OC(C)=O)[C@@H]1OC(C)=O. The first-order chi connectivity index (χ1) is 33.8. The van der Waals surface area contributed by atoms with E-state index in [4.69, 9.17) is 28.4 Å². The first kappa shape index (κ1) is 52.8. The molecular formula is C56H73N3O13. The summed E-state index contributed by atoms with van der Waals surface area (Å²) >= 11 is 0. The van der Waals surface area contributed by atoms with Crippen molar-refractivity contribution in [2.24, 2.45) is 56.2 Å². The minimum Gasteiger partial charge on any atom is -0.463 e. The van der Waals surface area contributed by atoms with Crippen LogP contribution in [0.1, 0.15) is 151 Å². The number of allylic oxidation sites excluding steroid dienone is 3. The summed E-state index contributed by atoms with van der Waals surface area (Å²) in [7, 11) is 0. The highest BCUT2D eigenvalue weighted by Crippen LogP contribution is 2.75.